The van der Waals surface area contributed by atoms with Crippen molar-refractivity contribution < 1.29 is 4.68 Å². The number of thioether (sulfide) groups is 1. The van der Waals surface area contributed by atoms with E-state index in [-0.39, 0.29) is 0 Å². The minimum Gasteiger partial charge on any atom is -0.208 e. The standard InChI is InChI=1S/C14H27N3S2/c1-5-6-7-8-9-10-19-12(2)11-13-16(3)14(18)15-17(13)4/h12H,5-11H2,1-4H3/p+1. The number of unbranched alkanes of at least 4 members (excludes halogenated alkanes) is 4. The summed E-state index contributed by atoms with van der Waals surface area (Å²) >= 11 is 6.43. The molecule has 0 aliphatic carbocycles. The Morgan fingerprint density at radius 2 is 2.00 bits per heavy atom. The highest BCUT2D eigenvalue weighted by atomic mass is 32.2. The van der Waals surface area contributed by atoms with E-state index in [1.165, 1.54) is 43.7 Å². The van der Waals surface area contributed by atoms with E-state index in [0.717, 1.165) is 11.6 Å². The molecule has 0 radical (unpaired) electrons. The molecule has 0 saturated carbocycles. The Kier molecular flexibility index (Phi) is 7.91. The van der Waals surface area contributed by atoms with Gasteiger partial charge in [0.2, 0.25) is 0 Å². The predicted octanol–water partition coefficient (Wildman–Crippen LogP) is 3.17. The third kappa shape index (κ3) is 5.78. The number of aromatic nitrogens is 3. The van der Waals surface area contributed by atoms with Gasteiger partial charge in [-0.1, -0.05) is 52.2 Å². The zero-order chi connectivity index (χ0) is 14.3. The molecule has 0 saturated heterocycles. The van der Waals surface area contributed by atoms with Crippen molar-refractivity contribution in [3.05, 3.63) is 5.82 Å². The summed E-state index contributed by atoms with van der Waals surface area (Å²) in [6.07, 6.45) is 7.89. The second kappa shape index (κ2) is 8.90. The first-order valence-corrected chi connectivity index (χ1v) is 8.78. The molecule has 0 spiro atoms. The van der Waals surface area contributed by atoms with Crippen LogP contribution >= 0.6 is 24.4 Å². The van der Waals surface area contributed by atoms with Gasteiger partial charge in [-0.05, 0) is 17.3 Å². The number of thiol groups is 1. The Bertz CT molecular complexity index is 377. The molecule has 0 aliphatic heterocycles. The number of rotatable bonds is 9. The molecular formula is C14H28N3S2+. The molecule has 1 unspecified atom stereocenters. The summed E-state index contributed by atoms with van der Waals surface area (Å²) in [5.74, 6) is 2.52. The zero-order valence-electron chi connectivity index (χ0n) is 12.7. The predicted molar refractivity (Wildman–Crippen MR) is 86.0 cm³/mol. The van der Waals surface area contributed by atoms with Crippen molar-refractivity contribution in [2.75, 3.05) is 5.75 Å². The molecule has 1 aromatic heterocycles. The van der Waals surface area contributed by atoms with Crippen LogP contribution in [0.5, 0.6) is 0 Å². The highest BCUT2D eigenvalue weighted by molar-refractivity contribution is 7.99. The van der Waals surface area contributed by atoms with Crippen LogP contribution in [0.3, 0.4) is 0 Å². The van der Waals surface area contributed by atoms with Crippen LogP contribution in [0.1, 0.15) is 51.8 Å². The lowest BCUT2D eigenvalue weighted by molar-refractivity contribution is -0.737. The maximum Gasteiger partial charge on any atom is 0.291 e. The van der Waals surface area contributed by atoms with E-state index in [1.54, 1.807) is 0 Å². The van der Waals surface area contributed by atoms with Gasteiger partial charge in [0.25, 0.3) is 11.0 Å². The van der Waals surface area contributed by atoms with Crippen molar-refractivity contribution in [2.45, 2.75) is 62.8 Å². The first kappa shape index (κ1) is 16.9. The van der Waals surface area contributed by atoms with Crippen LogP contribution in [-0.2, 0) is 20.5 Å². The third-order valence-corrected chi connectivity index (χ3v) is 5.07. The summed E-state index contributed by atoms with van der Waals surface area (Å²) in [5.41, 5.74) is 0. The molecule has 5 heteroatoms. The Morgan fingerprint density at radius 3 is 2.58 bits per heavy atom. The summed E-state index contributed by atoms with van der Waals surface area (Å²) in [5, 5.41) is 5.75. The first-order valence-electron chi connectivity index (χ1n) is 7.28. The molecule has 19 heavy (non-hydrogen) atoms. The van der Waals surface area contributed by atoms with E-state index in [1.807, 2.05) is 18.8 Å². The average molecular weight is 303 g/mol. The molecule has 0 bridgehead atoms. The van der Waals surface area contributed by atoms with E-state index in [4.69, 9.17) is 0 Å². The van der Waals surface area contributed by atoms with Gasteiger partial charge in [0, 0.05) is 5.25 Å². The van der Waals surface area contributed by atoms with Crippen molar-refractivity contribution in [3.8, 4) is 0 Å². The normalized spacial score (nSPS) is 12.9. The first-order chi connectivity index (χ1) is 9.06. The van der Waals surface area contributed by atoms with Gasteiger partial charge >= 0.3 is 0 Å². The van der Waals surface area contributed by atoms with Gasteiger partial charge in [-0.15, -0.1) is 4.68 Å². The van der Waals surface area contributed by atoms with Crippen molar-refractivity contribution >= 4 is 24.4 Å². The van der Waals surface area contributed by atoms with Crippen LogP contribution in [0.2, 0.25) is 0 Å². The van der Waals surface area contributed by atoms with Gasteiger partial charge in [-0.25, -0.2) is 4.57 Å². The second-order valence-corrected chi connectivity index (χ2v) is 7.14. The van der Waals surface area contributed by atoms with Crippen LogP contribution < -0.4 is 4.68 Å². The fraction of sp³-hybridized carbons (Fsp3) is 0.857. The monoisotopic (exact) mass is 302 g/mol. The van der Waals surface area contributed by atoms with Gasteiger partial charge < -0.3 is 0 Å². The lowest BCUT2D eigenvalue weighted by Crippen LogP contribution is -2.36. The Morgan fingerprint density at radius 1 is 1.32 bits per heavy atom. The SMILES string of the molecule is CCCCCCCSC(C)Cc1n(C)c(S)n[n+]1C. The van der Waals surface area contributed by atoms with Crippen molar-refractivity contribution in [1.82, 2.24) is 9.67 Å². The molecule has 0 aliphatic rings. The van der Waals surface area contributed by atoms with Crippen LogP contribution in [0.15, 0.2) is 5.16 Å². The molecule has 0 amide bonds. The maximum atomic E-state index is 4.35. The number of hydrogen-bond donors (Lipinski definition) is 1. The fourth-order valence-corrected chi connectivity index (χ4v) is 3.46. The van der Waals surface area contributed by atoms with Gasteiger partial charge in [0.1, 0.15) is 7.05 Å². The topological polar surface area (TPSA) is 21.7 Å². The van der Waals surface area contributed by atoms with Gasteiger partial charge in [-0.3, -0.25) is 0 Å². The maximum absolute atomic E-state index is 4.35. The summed E-state index contributed by atoms with van der Waals surface area (Å²) in [6, 6.07) is 0. The minimum atomic E-state index is 0.639. The highest BCUT2D eigenvalue weighted by Gasteiger charge is 2.20. The van der Waals surface area contributed by atoms with E-state index >= 15 is 0 Å². The van der Waals surface area contributed by atoms with Gasteiger partial charge in [0.05, 0.1) is 13.5 Å². The number of hydrogen-bond acceptors (Lipinski definition) is 3. The van der Waals surface area contributed by atoms with Crippen LogP contribution in [0.25, 0.3) is 0 Å². The zero-order valence-corrected chi connectivity index (χ0v) is 14.4. The third-order valence-electron chi connectivity index (χ3n) is 3.42. The number of nitrogens with zero attached hydrogens (tertiary/aromatic N) is 3. The highest BCUT2D eigenvalue weighted by Crippen LogP contribution is 2.17. The molecule has 1 atom stereocenters. The van der Waals surface area contributed by atoms with Crippen molar-refractivity contribution in [2.24, 2.45) is 14.1 Å². The molecule has 0 aromatic carbocycles. The molecule has 1 heterocycles. The van der Waals surface area contributed by atoms with Crippen molar-refractivity contribution in [3.63, 3.8) is 0 Å². The van der Waals surface area contributed by atoms with Crippen molar-refractivity contribution in [1.29, 1.82) is 0 Å². The lowest BCUT2D eigenvalue weighted by Gasteiger charge is -2.08. The molecule has 0 fully saturated rings. The molecule has 110 valence electrons. The molecular weight excluding hydrogens is 274 g/mol. The Balaban J connectivity index is 2.25. The fourth-order valence-electron chi connectivity index (χ4n) is 2.17. The van der Waals surface area contributed by atoms with Crippen LogP contribution in [0, 0.1) is 0 Å². The quantitative estimate of drug-likeness (QED) is 0.430. The average Bonchev–Trinajstić information content (AvgIpc) is 2.60. The largest absolute Gasteiger partial charge is 0.291 e. The van der Waals surface area contributed by atoms with E-state index in [0.29, 0.717) is 5.25 Å². The summed E-state index contributed by atoms with van der Waals surface area (Å²) in [4.78, 5) is 0. The summed E-state index contributed by atoms with van der Waals surface area (Å²) < 4.78 is 4.02. The lowest BCUT2D eigenvalue weighted by atomic mass is 10.2. The smallest absolute Gasteiger partial charge is 0.208 e. The van der Waals surface area contributed by atoms with E-state index in [9.17, 15) is 0 Å². The molecule has 3 nitrogen and oxygen atoms in total. The summed E-state index contributed by atoms with van der Waals surface area (Å²) in [6.45, 7) is 4.57. The molecule has 1 aromatic rings. The molecule has 0 N–H and O–H groups in total. The van der Waals surface area contributed by atoms with Gasteiger partial charge in [-0.2, -0.15) is 11.8 Å². The Hall–Kier alpha value is -0.160. The Labute approximate surface area is 127 Å². The van der Waals surface area contributed by atoms with Crippen LogP contribution in [-0.4, -0.2) is 20.7 Å². The molecule has 1 rings (SSSR count). The van der Waals surface area contributed by atoms with Gasteiger partial charge in [0.15, 0.2) is 0 Å². The van der Waals surface area contributed by atoms with E-state index < -0.39 is 0 Å². The summed E-state index contributed by atoms with van der Waals surface area (Å²) in [7, 11) is 4.03. The number of aryl methyl sites for hydroxylation is 1. The van der Waals surface area contributed by atoms with Crippen LogP contribution in [0.4, 0.5) is 0 Å². The second-order valence-electron chi connectivity index (χ2n) is 5.20. The minimum absolute atomic E-state index is 0.639. The van der Waals surface area contributed by atoms with E-state index in [2.05, 4.69) is 47.9 Å².